The standard InChI is InChI=1S/C14H21BrO3/c1-3-12(16)13(17)7-5-10-6-8-14(18-4-2)11(15)9-10/h6,8-9,12-13,16-17H,3-5,7H2,1-2H3. The van der Waals surface area contributed by atoms with E-state index in [1.165, 1.54) is 0 Å². The van der Waals surface area contributed by atoms with Gasteiger partial charge in [0.2, 0.25) is 0 Å². The van der Waals surface area contributed by atoms with Gasteiger partial charge in [-0.2, -0.15) is 0 Å². The largest absolute Gasteiger partial charge is 0.493 e. The molecule has 0 aliphatic carbocycles. The van der Waals surface area contributed by atoms with Crippen molar-refractivity contribution < 1.29 is 14.9 Å². The third-order valence-corrected chi connectivity index (χ3v) is 3.51. The van der Waals surface area contributed by atoms with Crippen molar-refractivity contribution in [1.29, 1.82) is 0 Å². The normalized spacial score (nSPS) is 14.3. The predicted molar refractivity (Wildman–Crippen MR) is 75.9 cm³/mol. The van der Waals surface area contributed by atoms with E-state index in [1.807, 2.05) is 32.0 Å². The number of aliphatic hydroxyl groups excluding tert-OH is 2. The second kappa shape index (κ2) is 7.77. The average molecular weight is 317 g/mol. The van der Waals surface area contributed by atoms with Gasteiger partial charge < -0.3 is 14.9 Å². The molecule has 18 heavy (non-hydrogen) atoms. The van der Waals surface area contributed by atoms with E-state index in [0.717, 1.165) is 22.2 Å². The third kappa shape index (κ3) is 4.59. The highest BCUT2D eigenvalue weighted by Crippen LogP contribution is 2.26. The summed E-state index contributed by atoms with van der Waals surface area (Å²) in [5, 5.41) is 19.2. The van der Waals surface area contributed by atoms with Crippen LogP contribution in [0.25, 0.3) is 0 Å². The van der Waals surface area contributed by atoms with Gasteiger partial charge in [0.05, 0.1) is 23.3 Å². The van der Waals surface area contributed by atoms with E-state index in [4.69, 9.17) is 4.74 Å². The Bertz CT molecular complexity index is 368. The Morgan fingerprint density at radius 2 is 1.94 bits per heavy atom. The molecule has 3 nitrogen and oxygen atoms in total. The predicted octanol–water partition coefficient (Wildman–Crippen LogP) is 2.91. The molecule has 0 aromatic heterocycles. The molecule has 4 heteroatoms. The van der Waals surface area contributed by atoms with Crippen molar-refractivity contribution in [1.82, 2.24) is 0 Å². The Morgan fingerprint density at radius 1 is 1.22 bits per heavy atom. The lowest BCUT2D eigenvalue weighted by molar-refractivity contribution is 0.0130. The summed E-state index contributed by atoms with van der Waals surface area (Å²) >= 11 is 3.46. The molecule has 0 saturated carbocycles. The molecule has 0 saturated heterocycles. The molecule has 0 aliphatic rings. The first kappa shape index (κ1) is 15.5. The van der Waals surface area contributed by atoms with E-state index in [-0.39, 0.29) is 0 Å². The van der Waals surface area contributed by atoms with E-state index >= 15 is 0 Å². The molecule has 0 heterocycles. The third-order valence-electron chi connectivity index (χ3n) is 2.89. The SMILES string of the molecule is CCOc1ccc(CCC(O)C(O)CC)cc1Br. The monoisotopic (exact) mass is 316 g/mol. The first-order chi connectivity index (χ1) is 8.58. The number of aliphatic hydroxyl groups is 2. The Kier molecular flexibility index (Phi) is 6.68. The molecule has 102 valence electrons. The molecule has 1 rings (SSSR count). The zero-order valence-electron chi connectivity index (χ0n) is 10.9. The lowest BCUT2D eigenvalue weighted by Gasteiger charge is -2.16. The Hall–Kier alpha value is -0.580. The fraction of sp³-hybridized carbons (Fsp3) is 0.571. The van der Waals surface area contributed by atoms with Gasteiger partial charge in [0, 0.05) is 0 Å². The smallest absolute Gasteiger partial charge is 0.133 e. The van der Waals surface area contributed by atoms with Crippen LogP contribution in [0.5, 0.6) is 5.75 Å². The number of ether oxygens (including phenoxy) is 1. The van der Waals surface area contributed by atoms with Crippen molar-refractivity contribution in [3.63, 3.8) is 0 Å². The zero-order valence-corrected chi connectivity index (χ0v) is 12.5. The van der Waals surface area contributed by atoms with Gasteiger partial charge in [0.1, 0.15) is 5.75 Å². The van der Waals surface area contributed by atoms with Gasteiger partial charge in [-0.1, -0.05) is 13.0 Å². The molecule has 0 radical (unpaired) electrons. The van der Waals surface area contributed by atoms with E-state index in [1.54, 1.807) is 0 Å². The second-order valence-electron chi connectivity index (χ2n) is 4.28. The molecule has 0 amide bonds. The number of hydrogen-bond donors (Lipinski definition) is 2. The molecule has 0 bridgehead atoms. The van der Waals surface area contributed by atoms with Gasteiger partial charge in [-0.05, 0) is 59.8 Å². The van der Waals surface area contributed by atoms with Crippen molar-refractivity contribution in [2.24, 2.45) is 0 Å². The van der Waals surface area contributed by atoms with E-state index in [0.29, 0.717) is 19.4 Å². The van der Waals surface area contributed by atoms with Crippen molar-refractivity contribution in [3.05, 3.63) is 28.2 Å². The topological polar surface area (TPSA) is 49.7 Å². The highest BCUT2D eigenvalue weighted by Gasteiger charge is 2.14. The zero-order chi connectivity index (χ0) is 13.5. The second-order valence-corrected chi connectivity index (χ2v) is 5.13. The van der Waals surface area contributed by atoms with Crippen molar-refractivity contribution >= 4 is 15.9 Å². The van der Waals surface area contributed by atoms with Crippen LogP contribution in [0.3, 0.4) is 0 Å². The minimum atomic E-state index is -0.652. The minimum Gasteiger partial charge on any atom is -0.493 e. The summed E-state index contributed by atoms with van der Waals surface area (Å²) in [5.41, 5.74) is 1.12. The maximum Gasteiger partial charge on any atom is 0.133 e. The van der Waals surface area contributed by atoms with Crippen molar-refractivity contribution in [2.45, 2.75) is 45.3 Å². The molecule has 2 atom stereocenters. The fourth-order valence-electron chi connectivity index (χ4n) is 1.75. The quantitative estimate of drug-likeness (QED) is 0.813. The Labute approximate surface area is 117 Å². The lowest BCUT2D eigenvalue weighted by atomic mass is 10.0. The first-order valence-electron chi connectivity index (χ1n) is 6.35. The average Bonchev–Trinajstić information content (AvgIpc) is 2.38. The summed E-state index contributed by atoms with van der Waals surface area (Å²) in [6, 6.07) is 5.91. The van der Waals surface area contributed by atoms with Crippen LogP contribution in [-0.2, 0) is 6.42 Å². The molecular formula is C14H21BrO3. The van der Waals surface area contributed by atoms with Crippen LogP contribution in [0.1, 0.15) is 32.3 Å². The molecule has 0 aliphatic heterocycles. The number of aryl methyl sites for hydroxylation is 1. The maximum absolute atomic E-state index is 9.70. The number of hydrogen-bond acceptors (Lipinski definition) is 3. The van der Waals surface area contributed by atoms with E-state index in [2.05, 4.69) is 15.9 Å². The van der Waals surface area contributed by atoms with Crippen LogP contribution in [-0.4, -0.2) is 29.0 Å². The Balaban J connectivity index is 2.55. The number of rotatable bonds is 7. The highest BCUT2D eigenvalue weighted by molar-refractivity contribution is 9.10. The van der Waals surface area contributed by atoms with Crippen molar-refractivity contribution in [2.75, 3.05) is 6.61 Å². The van der Waals surface area contributed by atoms with Gasteiger partial charge >= 0.3 is 0 Å². The summed E-state index contributed by atoms with van der Waals surface area (Å²) in [7, 11) is 0. The van der Waals surface area contributed by atoms with Crippen molar-refractivity contribution in [3.8, 4) is 5.75 Å². The van der Waals surface area contributed by atoms with E-state index in [9.17, 15) is 10.2 Å². The Morgan fingerprint density at radius 3 is 2.50 bits per heavy atom. The van der Waals surface area contributed by atoms with Crippen LogP contribution in [0.2, 0.25) is 0 Å². The fourth-order valence-corrected chi connectivity index (χ4v) is 2.29. The summed E-state index contributed by atoms with van der Waals surface area (Å²) < 4.78 is 6.36. The summed E-state index contributed by atoms with van der Waals surface area (Å²) in [5.74, 6) is 0.829. The molecule has 0 fully saturated rings. The number of halogens is 1. The summed E-state index contributed by atoms with van der Waals surface area (Å²) in [4.78, 5) is 0. The van der Waals surface area contributed by atoms with Gasteiger partial charge in [-0.3, -0.25) is 0 Å². The highest BCUT2D eigenvalue weighted by atomic mass is 79.9. The van der Waals surface area contributed by atoms with Crippen LogP contribution in [0.15, 0.2) is 22.7 Å². The molecule has 1 aromatic rings. The first-order valence-corrected chi connectivity index (χ1v) is 7.15. The maximum atomic E-state index is 9.70. The van der Waals surface area contributed by atoms with Crippen LogP contribution < -0.4 is 4.74 Å². The summed E-state index contributed by atoms with van der Waals surface area (Å²) in [6.45, 7) is 4.45. The van der Waals surface area contributed by atoms with Gasteiger partial charge in [-0.15, -0.1) is 0 Å². The van der Waals surface area contributed by atoms with Crippen LogP contribution in [0, 0.1) is 0 Å². The molecule has 2 unspecified atom stereocenters. The summed E-state index contributed by atoms with van der Waals surface area (Å²) in [6.07, 6.45) is 0.601. The van der Waals surface area contributed by atoms with Crippen LogP contribution in [0.4, 0.5) is 0 Å². The molecule has 2 N–H and O–H groups in total. The minimum absolute atomic E-state index is 0.565. The lowest BCUT2D eigenvalue weighted by Crippen LogP contribution is -2.25. The molecule has 0 spiro atoms. The van der Waals surface area contributed by atoms with Gasteiger partial charge in [0.25, 0.3) is 0 Å². The van der Waals surface area contributed by atoms with Gasteiger partial charge in [-0.25, -0.2) is 0 Å². The van der Waals surface area contributed by atoms with E-state index < -0.39 is 12.2 Å². The van der Waals surface area contributed by atoms with Crippen LogP contribution >= 0.6 is 15.9 Å². The molecule has 1 aromatic carbocycles. The van der Waals surface area contributed by atoms with Gasteiger partial charge in [0.15, 0.2) is 0 Å². The number of benzene rings is 1. The molecular weight excluding hydrogens is 296 g/mol.